The van der Waals surface area contributed by atoms with E-state index >= 15 is 0 Å². The fraction of sp³-hybridized carbons (Fsp3) is 0.0870. The fourth-order valence-corrected chi connectivity index (χ4v) is 4.51. The molecular formula is C23H18ClN7OS. The number of halogens is 1. The van der Waals surface area contributed by atoms with Gasteiger partial charge in [-0.2, -0.15) is 4.98 Å². The Morgan fingerprint density at radius 2 is 1.91 bits per heavy atom. The van der Waals surface area contributed by atoms with Crippen LogP contribution in [0, 0.1) is 0 Å². The van der Waals surface area contributed by atoms with E-state index in [1.165, 1.54) is 11.3 Å². The average molecular weight is 476 g/mol. The number of anilines is 2. The van der Waals surface area contributed by atoms with E-state index in [0.29, 0.717) is 38.8 Å². The van der Waals surface area contributed by atoms with Gasteiger partial charge in [0.25, 0.3) is 5.56 Å². The molecule has 0 aliphatic rings. The second-order valence-corrected chi connectivity index (χ2v) is 8.58. The number of nitrogens with two attached hydrogens (primary N) is 1. The number of para-hydroxylation sites is 1. The first-order chi connectivity index (χ1) is 16.0. The van der Waals surface area contributed by atoms with Gasteiger partial charge in [-0.15, -0.1) is 11.3 Å². The van der Waals surface area contributed by atoms with Crippen molar-refractivity contribution < 1.29 is 0 Å². The lowest BCUT2D eigenvalue weighted by Crippen LogP contribution is -2.27. The molecule has 5 rings (SSSR count). The predicted molar refractivity (Wildman–Crippen MR) is 132 cm³/mol. The van der Waals surface area contributed by atoms with Crippen molar-refractivity contribution in [1.29, 1.82) is 0 Å². The molecule has 1 atom stereocenters. The van der Waals surface area contributed by atoms with Crippen LogP contribution in [0.3, 0.4) is 0 Å². The SMILES string of the molecule is CC(Nc1nc(N)ncc1-c1nccs1)c1nc2cccc(Cl)c2c(=O)n1-c1ccccc1. The van der Waals surface area contributed by atoms with Crippen LogP contribution in [0.4, 0.5) is 11.8 Å². The molecule has 0 saturated heterocycles. The Hall–Kier alpha value is -3.82. The Morgan fingerprint density at radius 3 is 2.67 bits per heavy atom. The highest BCUT2D eigenvalue weighted by Gasteiger charge is 2.21. The van der Waals surface area contributed by atoms with E-state index in [2.05, 4.69) is 20.3 Å². The summed E-state index contributed by atoms with van der Waals surface area (Å²) in [6, 6.07) is 14.1. The molecule has 0 saturated carbocycles. The lowest BCUT2D eigenvalue weighted by Gasteiger charge is -2.21. The summed E-state index contributed by atoms with van der Waals surface area (Å²) >= 11 is 7.84. The number of rotatable bonds is 5. The Morgan fingerprint density at radius 1 is 1.09 bits per heavy atom. The van der Waals surface area contributed by atoms with Crippen LogP contribution < -0.4 is 16.6 Å². The number of nitrogen functional groups attached to an aromatic ring is 1. The number of nitrogens with one attached hydrogen (secondary N) is 1. The third kappa shape index (κ3) is 3.92. The summed E-state index contributed by atoms with van der Waals surface area (Å²) in [4.78, 5) is 31.3. The van der Waals surface area contributed by atoms with E-state index < -0.39 is 6.04 Å². The molecule has 8 nitrogen and oxygen atoms in total. The number of aromatic nitrogens is 5. The summed E-state index contributed by atoms with van der Waals surface area (Å²) < 4.78 is 1.57. The van der Waals surface area contributed by atoms with Crippen LogP contribution in [0.5, 0.6) is 0 Å². The van der Waals surface area contributed by atoms with E-state index in [1.807, 2.05) is 42.6 Å². The molecule has 0 aliphatic carbocycles. The smallest absolute Gasteiger partial charge is 0.267 e. The van der Waals surface area contributed by atoms with Crippen LogP contribution in [-0.4, -0.2) is 24.5 Å². The van der Waals surface area contributed by atoms with Gasteiger partial charge in [-0.1, -0.05) is 35.9 Å². The molecule has 33 heavy (non-hydrogen) atoms. The zero-order valence-corrected chi connectivity index (χ0v) is 19.0. The second kappa shape index (κ2) is 8.61. The van der Waals surface area contributed by atoms with Gasteiger partial charge in [0.2, 0.25) is 5.95 Å². The van der Waals surface area contributed by atoms with Gasteiger partial charge in [-0.25, -0.2) is 15.0 Å². The largest absolute Gasteiger partial charge is 0.368 e. The Balaban J connectivity index is 1.68. The topological polar surface area (TPSA) is 112 Å². The molecule has 3 heterocycles. The maximum absolute atomic E-state index is 13.6. The quantitative estimate of drug-likeness (QED) is 0.378. The third-order valence-corrected chi connectivity index (χ3v) is 6.22. The number of hydrogen-bond donors (Lipinski definition) is 2. The van der Waals surface area contributed by atoms with Gasteiger partial charge in [0.15, 0.2) is 0 Å². The van der Waals surface area contributed by atoms with Crippen LogP contribution in [0.2, 0.25) is 5.02 Å². The minimum absolute atomic E-state index is 0.128. The third-order valence-electron chi connectivity index (χ3n) is 5.10. The fourth-order valence-electron chi connectivity index (χ4n) is 3.61. The van der Waals surface area contributed by atoms with Crippen LogP contribution in [0.15, 0.2) is 71.1 Å². The van der Waals surface area contributed by atoms with E-state index in [1.54, 1.807) is 35.2 Å². The number of hydrogen-bond acceptors (Lipinski definition) is 8. The van der Waals surface area contributed by atoms with Crippen LogP contribution in [0.25, 0.3) is 27.2 Å². The maximum atomic E-state index is 13.6. The van der Waals surface area contributed by atoms with Crippen molar-refractivity contribution in [3.63, 3.8) is 0 Å². The molecule has 0 aliphatic heterocycles. The van der Waals surface area contributed by atoms with Crippen molar-refractivity contribution in [2.24, 2.45) is 0 Å². The zero-order chi connectivity index (χ0) is 22.9. The van der Waals surface area contributed by atoms with E-state index in [4.69, 9.17) is 22.3 Å². The molecule has 0 amide bonds. The molecule has 0 spiro atoms. The Labute approximate surface area is 197 Å². The minimum Gasteiger partial charge on any atom is -0.368 e. The molecule has 0 radical (unpaired) electrons. The first kappa shape index (κ1) is 21.0. The predicted octanol–water partition coefficient (Wildman–Crippen LogP) is 4.71. The van der Waals surface area contributed by atoms with E-state index in [-0.39, 0.29) is 11.5 Å². The summed E-state index contributed by atoms with van der Waals surface area (Å²) in [5.74, 6) is 1.14. The maximum Gasteiger partial charge on any atom is 0.267 e. The van der Waals surface area contributed by atoms with Gasteiger partial charge in [0, 0.05) is 17.8 Å². The standard InChI is InChI=1S/C23H18ClN7OS/c1-13(28-19-15(12-27-23(25)30-19)21-26-10-11-33-21)20-29-17-9-5-8-16(24)18(17)22(32)31(20)14-6-3-2-4-7-14/h2-13H,1H3,(H3,25,27,28,30). The molecule has 2 aromatic carbocycles. The van der Waals surface area contributed by atoms with Crippen molar-refractivity contribution in [3.05, 3.63) is 87.5 Å². The first-order valence-corrected chi connectivity index (χ1v) is 11.3. The highest BCUT2D eigenvalue weighted by Crippen LogP contribution is 2.31. The van der Waals surface area contributed by atoms with Crippen molar-refractivity contribution in [2.45, 2.75) is 13.0 Å². The number of fused-ring (bicyclic) bond motifs is 1. The number of thiazole rings is 1. The molecule has 5 aromatic rings. The summed E-state index contributed by atoms with van der Waals surface area (Å²) in [5.41, 5.74) is 7.53. The van der Waals surface area contributed by atoms with Crippen molar-refractivity contribution in [1.82, 2.24) is 24.5 Å². The molecule has 1 unspecified atom stereocenters. The normalized spacial score (nSPS) is 12.1. The van der Waals surface area contributed by atoms with Crippen molar-refractivity contribution >= 4 is 45.6 Å². The van der Waals surface area contributed by atoms with E-state index in [0.717, 1.165) is 5.01 Å². The second-order valence-electron chi connectivity index (χ2n) is 7.27. The monoisotopic (exact) mass is 475 g/mol. The molecule has 3 N–H and O–H groups in total. The van der Waals surface area contributed by atoms with Crippen molar-refractivity contribution in [3.8, 4) is 16.3 Å². The number of benzene rings is 2. The molecular weight excluding hydrogens is 458 g/mol. The number of nitrogens with zero attached hydrogens (tertiary/aromatic N) is 5. The molecule has 10 heteroatoms. The van der Waals surface area contributed by atoms with Crippen LogP contribution >= 0.6 is 22.9 Å². The highest BCUT2D eigenvalue weighted by atomic mass is 35.5. The Kier molecular flexibility index (Phi) is 5.49. The summed E-state index contributed by atoms with van der Waals surface area (Å²) in [6.45, 7) is 1.90. The zero-order valence-electron chi connectivity index (χ0n) is 17.4. The van der Waals surface area contributed by atoms with Crippen LogP contribution in [-0.2, 0) is 0 Å². The summed E-state index contributed by atoms with van der Waals surface area (Å²) in [5, 5.41) is 6.71. The van der Waals surface area contributed by atoms with Crippen molar-refractivity contribution in [2.75, 3.05) is 11.1 Å². The van der Waals surface area contributed by atoms with Crippen LogP contribution in [0.1, 0.15) is 18.8 Å². The van der Waals surface area contributed by atoms with E-state index in [9.17, 15) is 4.79 Å². The molecule has 164 valence electrons. The van der Waals surface area contributed by atoms with Gasteiger partial charge in [-0.05, 0) is 31.2 Å². The van der Waals surface area contributed by atoms with Gasteiger partial charge >= 0.3 is 0 Å². The van der Waals surface area contributed by atoms with Gasteiger partial charge < -0.3 is 11.1 Å². The highest BCUT2D eigenvalue weighted by molar-refractivity contribution is 7.13. The first-order valence-electron chi connectivity index (χ1n) is 10.1. The van der Waals surface area contributed by atoms with Gasteiger partial charge in [0.1, 0.15) is 16.6 Å². The lowest BCUT2D eigenvalue weighted by molar-refractivity contribution is 0.731. The van der Waals surface area contributed by atoms with Gasteiger partial charge in [-0.3, -0.25) is 9.36 Å². The molecule has 3 aromatic heterocycles. The molecule has 0 fully saturated rings. The Bertz CT molecular complexity index is 1500. The molecule has 0 bridgehead atoms. The summed E-state index contributed by atoms with van der Waals surface area (Å²) in [6.07, 6.45) is 3.35. The summed E-state index contributed by atoms with van der Waals surface area (Å²) in [7, 11) is 0. The van der Waals surface area contributed by atoms with Gasteiger partial charge in [0.05, 0.1) is 33.2 Å². The minimum atomic E-state index is -0.422. The average Bonchev–Trinajstić information content (AvgIpc) is 3.34. The lowest BCUT2D eigenvalue weighted by atomic mass is 10.2.